The first kappa shape index (κ1) is 32.0. The molecule has 0 aliphatic carbocycles. The Morgan fingerprint density at radius 3 is 1.08 bits per heavy atom. The third-order valence-corrected chi connectivity index (χ3v) is 9.39. The molecule has 6 heteroatoms. The highest BCUT2D eigenvalue weighted by Gasteiger charge is 2.45. The minimum absolute atomic E-state index is 0.0745. The quantitative estimate of drug-likeness (QED) is 0.230. The van der Waals surface area contributed by atoms with Gasteiger partial charge in [-0.3, -0.25) is 9.80 Å². The molecular weight excluding hydrogens is 452 g/mol. The maximum atomic E-state index is 10.4. The maximum absolute atomic E-state index is 10.4. The second kappa shape index (κ2) is 12.7. The summed E-state index contributed by atoms with van der Waals surface area (Å²) >= 11 is 0. The molecule has 2 unspecified atom stereocenters. The third-order valence-electron chi connectivity index (χ3n) is 9.39. The Kier molecular flexibility index (Phi) is 11.3. The lowest BCUT2D eigenvalue weighted by Gasteiger charge is -2.53. The van der Waals surface area contributed by atoms with Gasteiger partial charge < -0.3 is 19.7 Å². The van der Waals surface area contributed by atoms with E-state index in [0.717, 1.165) is 64.2 Å². The number of nitrogens with zero attached hydrogens (tertiary/aromatic N) is 2. The second-order valence-corrected chi connectivity index (χ2v) is 14.3. The van der Waals surface area contributed by atoms with E-state index in [-0.39, 0.29) is 34.4 Å². The van der Waals surface area contributed by atoms with Crippen LogP contribution in [0.25, 0.3) is 0 Å². The normalized spacial score (nSPS) is 26.7. The van der Waals surface area contributed by atoms with Crippen LogP contribution in [0.2, 0.25) is 0 Å². The van der Waals surface area contributed by atoms with E-state index in [4.69, 9.17) is 9.47 Å². The van der Waals surface area contributed by atoms with Crippen molar-refractivity contribution in [3.8, 4) is 0 Å². The van der Waals surface area contributed by atoms with Crippen molar-refractivity contribution in [2.75, 3.05) is 14.1 Å². The number of unbranched alkanes of at least 4 members (excludes halogenated alkanes) is 5. The van der Waals surface area contributed by atoms with Crippen LogP contribution in [0.1, 0.15) is 132 Å². The van der Waals surface area contributed by atoms with Crippen LogP contribution < -0.4 is 0 Å². The van der Waals surface area contributed by atoms with Crippen molar-refractivity contribution in [3.63, 3.8) is 0 Å². The molecule has 0 aromatic carbocycles. The largest absolute Gasteiger partial charge is 0.368 e. The SMILES string of the molecule is CN1C(C)(C)CC(OC(O)CCCCCCCCC(O)OC2CC(C)(C)N(C)C(C)(C)C2)CC1(C)C. The number of hydrogen-bond acceptors (Lipinski definition) is 6. The molecule has 0 amide bonds. The van der Waals surface area contributed by atoms with Gasteiger partial charge in [-0.1, -0.05) is 25.7 Å². The first-order chi connectivity index (χ1) is 16.5. The summed E-state index contributed by atoms with van der Waals surface area (Å²) < 4.78 is 12.1. The van der Waals surface area contributed by atoms with Gasteiger partial charge in [0, 0.05) is 22.2 Å². The predicted octanol–water partition coefficient (Wildman–Crippen LogP) is 6.08. The summed E-state index contributed by atoms with van der Waals surface area (Å²) in [7, 11) is 4.38. The molecule has 2 aliphatic heterocycles. The Morgan fingerprint density at radius 2 is 0.806 bits per heavy atom. The summed E-state index contributed by atoms with van der Waals surface area (Å²) in [4.78, 5) is 4.88. The van der Waals surface area contributed by atoms with Crippen molar-refractivity contribution >= 4 is 0 Å². The van der Waals surface area contributed by atoms with E-state index in [0.29, 0.717) is 12.8 Å². The number of hydrogen-bond donors (Lipinski definition) is 2. The van der Waals surface area contributed by atoms with E-state index in [1.165, 1.54) is 0 Å². The van der Waals surface area contributed by atoms with Gasteiger partial charge in [-0.2, -0.15) is 0 Å². The fourth-order valence-electron chi connectivity index (χ4n) is 6.68. The minimum atomic E-state index is -0.660. The predicted molar refractivity (Wildman–Crippen MR) is 149 cm³/mol. The zero-order chi connectivity index (χ0) is 27.4. The summed E-state index contributed by atoms with van der Waals surface area (Å²) in [6.07, 6.45) is 10.7. The van der Waals surface area contributed by atoms with E-state index in [9.17, 15) is 10.2 Å². The van der Waals surface area contributed by atoms with Crippen molar-refractivity contribution in [1.29, 1.82) is 0 Å². The van der Waals surface area contributed by atoms with Crippen molar-refractivity contribution < 1.29 is 19.7 Å². The molecule has 2 atom stereocenters. The number of rotatable bonds is 13. The van der Waals surface area contributed by atoms with Gasteiger partial charge in [-0.25, -0.2) is 0 Å². The van der Waals surface area contributed by atoms with E-state index in [2.05, 4.69) is 79.3 Å². The van der Waals surface area contributed by atoms with Gasteiger partial charge in [0.2, 0.25) is 0 Å². The lowest BCUT2D eigenvalue weighted by atomic mass is 9.78. The summed E-state index contributed by atoms with van der Waals surface area (Å²) in [6, 6.07) is 0. The van der Waals surface area contributed by atoms with Gasteiger partial charge in [-0.15, -0.1) is 0 Å². The van der Waals surface area contributed by atoms with Gasteiger partial charge in [-0.05, 0) is 121 Å². The molecule has 2 heterocycles. The molecule has 0 aromatic heterocycles. The van der Waals surface area contributed by atoms with E-state index in [1.807, 2.05) is 0 Å². The smallest absolute Gasteiger partial charge is 0.154 e. The molecule has 6 nitrogen and oxygen atoms in total. The molecule has 36 heavy (non-hydrogen) atoms. The molecule has 2 saturated heterocycles. The van der Waals surface area contributed by atoms with Crippen LogP contribution in [-0.2, 0) is 9.47 Å². The van der Waals surface area contributed by atoms with Crippen LogP contribution in [0.4, 0.5) is 0 Å². The highest BCUT2D eigenvalue weighted by Crippen LogP contribution is 2.39. The van der Waals surface area contributed by atoms with E-state index >= 15 is 0 Å². The third kappa shape index (κ3) is 9.20. The Balaban J connectivity index is 1.54. The monoisotopic (exact) mass is 512 g/mol. The van der Waals surface area contributed by atoms with E-state index in [1.54, 1.807) is 0 Å². The van der Waals surface area contributed by atoms with Crippen LogP contribution in [0.3, 0.4) is 0 Å². The zero-order valence-electron chi connectivity index (χ0n) is 25.4. The molecule has 0 spiro atoms. The molecule has 0 aromatic rings. The van der Waals surface area contributed by atoms with Gasteiger partial charge in [0.1, 0.15) is 0 Å². The van der Waals surface area contributed by atoms with E-state index < -0.39 is 12.6 Å². The zero-order valence-corrected chi connectivity index (χ0v) is 25.4. The molecule has 2 N–H and O–H groups in total. The van der Waals surface area contributed by atoms with Crippen LogP contribution in [0, 0.1) is 0 Å². The average Bonchev–Trinajstić information content (AvgIpc) is 2.71. The van der Waals surface area contributed by atoms with Crippen LogP contribution in [-0.4, -0.2) is 81.1 Å². The highest BCUT2D eigenvalue weighted by atomic mass is 16.6. The second-order valence-electron chi connectivity index (χ2n) is 14.3. The highest BCUT2D eigenvalue weighted by molar-refractivity contribution is 5.00. The number of aliphatic hydroxyl groups is 2. The van der Waals surface area contributed by atoms with Gasteiger partial charge in [0.05, 0.1) is 12.2 Å². The Labute approximate surface area is 223 Å². The summed E-state index contributed by atoms with van der Waals surface area (Å²) in [5.74, 6) is 0. The summed E-state index contributed by atoms with van der Waals surface area (Å²) in [5, 5.41) is 20.9. The summed E-state index contributed by atoms with van der Waals surface area (Å²) in [6.45, 7) is 18.1. The van der Waals surface area contributed by atoms with Crippen molar-refractivity contribution in [2.24, 2.45) is 0 Å². The molecular formula is C30H60N2O4. The Hall–Kier alpha value is -0.240. The minimum Gasteiger partial charge on any atom is -0.368 e. The summed E-state index contributed by atoms with van der Waals surface area (Å²) in [5.41, 5.74) is 0.298. The van der Waals surface area contributed by atoms with Gasteiger partial charge in [0.25, 0.3) is 0 Å². The molecule has 214 valence electrons. The molecule has 0 saturated carbocycles. The number of piperidine rings is 2. The Bertz CT molecular complexity index is 571. The molecule has 2 rings (SSSR count). The van der Waals surface area contributed by atoms with Crippen molar-refractivity contribution in [3.05, 3.63) is 0 Å². The van der Waals surface area contributed by atoms with Crippen LogP contribution in [0.5, 0.6) is 0 Å². The van der Waals surface area contributed by atoms with Crippen LogP contribution >= 0.6 is 0 Å². The van der Waals surface area contributed by atoms with Crippen molar-refractivity contribution in [2.45, 2.75) is 179 Å². The van der Waals surface area contributed by atoms with Gasteiger partial charge in [0.15, 0.2) is 12.6 Å². The lowest BCUT2D eigenvalue weighted by molar-refractivity contribution is -0.180. The van der Waals surface area contributed by atoms with Gasteiger partial charge >= 0.3 is 0 Å². The topological polar surface area (TPSA) is 65.4 Å². The van der Waals surface area contributed by atoms with Crippen molar-refractivity contribution in [1.82, 2.24) is 9.80 Å². The molecule has 0 bridgehead atoms. The fourth-order valence-corrected chi connectivity index (χ4v) is 6.68. The first-order valence-corrected chi connectivity index (χ1v) is 14.6. The first-order valence-electron chi connectivity index (χ1n) is 14.6. The van der Waals surface area contributed by atoms with Crippen LogP contribution in [0.15, 0.2) is 0 Å². The number of likely N-dealkylation sites (tertiary alicyclic amines) is 2. The standard InChI is InChI=1S/C30H60N2O4/c1-27(2)19-23(20-28(3,4)31(27)9)35-25(33)17-15-13-11-12-14-16-18-26(34)36-24-21-29(5,6)32(10)30(7,8)22-24/h23-26,33-34H,11-22H2,1-10H3. The lowest BCUT2D eigenvalue weighted by Crippen LogP contribution is -2.60. The average molecular weight is 513 g/mol. The molecule has 0 radical (unpaired) electrons. The molecule has 2 fully saturated rings. The number of aliphatic hydroxyl groups excluding tert-OH is 2. The molecule has 2 aliphatic rings. The Morgan fingerprint density at radius 1 is 0.556 bits per heavy atom. The number of ether oxygens (including phenoxy) is 2. The fraction of sp³-hybridized carbons (Fsp3) is 1.00. The maximum Gasteiger partial charge on any atom is 0.154 e.